The highest BCUT2D eigenvalue weighted by molar-refractivity contribution is 5.86. The van der Waals surface area contributed by atoms with Crippen molar-refractivity contribution in [1.82, 2.24) is 19.7 Å². The summed E-state index contributed by atoms with van der Waals surface area (Å²) in [6.07, 6.45) is 3.81. The first-order chi connectivity index (χ1) is 12.3. The van der Waals surface area contributed by atoms with Crippen LogP contribution in [-0.2, 0) is 16.1 Å². The van der Waals surface area contributed by atoms with Gasteiger partial charge >= 0.3 is 0 Å². The predicted molar refractivity (Wildman–Crippen MR) is 101 cm³/mol. The third kappa shape index (κ3) is 3.98. The second-order valence-corrected chi connectivity index (χ2v) is 7.80. The molecular weight excluding hydrogens is 330 g/mol. The lowest BCUT2D eigenvalue weighted by molar-refractivity contribution is -0.145. The predicted octanol–water partition coefficient (Wildman–Crippen LogP) is 0.659. The van der Waals surface area contributed by atoms with E-state index in [-0.39, 0.29) is 30.3 Å². The van der Waals surface area contributed by atoms with Crippen LogP contribution in [0.15, 0.2) is 18.3 Å². The molecule has 3 aliphatic rings. The molecule has 7 heteroatoms. The number of fused-ring (bicyclic) bond motifs is 4. The molecule has 0 aliphatic carbocycles. The molecule has 3 saturated heterocycles. The number of hydrogen-bond acceptors (Lipinski definition) is 5. The Balaban J connectivity index is 1.69. The van der Waals surface area contributed by atoms with Crippen LogP contribution < -0.4 is 4.90 Å². The lowest BCUT2D eigenvalue weighted by Crippen LogP contribution is -2.51. The van der Waals surface area contributed by atoms with Gasteiger partial charge < -0.3 is 14.7 Å². The second kappa shape index (κ2) is 7.61. The van der Waals surface area contributed by atoms with Crippen LogP contribution in [0, 0.1) is 5.92 Å². The van der Waals surface area contributed by atoms with Crippen LogP contribution >= 0.6 is 0 Å². The van der Waals surface area contributed by atoms with E-state index in [1.54, 1.807) is 19.0 Å². The van der Waals surface area contributed by atoms with E-state index in [0.29, 0.717) is 0 Å². The average Bonchev–Trinajstić information content (AvgIpc) is 2.87. The minimum atomic E-state index is -0.0130. The molecule has 0 saturated carbocycles. The maximum atomic E-state index is 12.8. The fraction of sp³-hybridized carbons (Fsp3) is 0.632. The molecule has 2 amide bonds. The van der Waals surface area contributed by atoms with Crippen molar-refractivity contribution in [3.63, 3.8) is 0 Å². The topological polar surface area (TPSA) is 60.0 Å². The van der Waals surface area contributed by atoms with Crippen molar-refractivity contribution >= 4 is 17.6 Å². The number of carbonyl (C=O) groups excluding carboxylic acids is 2. The zero-order chi connectivity index (χ0) is 18.8. The number of aromatic nitrogens is 1. The van der Waals surface area contributed by atoms with Gasteiger partial charge in [0.25, 0.3) is 0 Å². The maximum absolute atomic E-state index is 12.8. The first-order valence-electron chi connectivity index (χ1n) is 9.20. The molecule has 0 radical (unpaired) electrons. The largest absolute Gasteiger partial charge is 0.363 e. The molecule has 2 bridgehead atoms. The lowest BCUT2D eigenvalue weighted by Gasteiger charge is -2.36. The van der Waals surface area contributed by atoms with Crippen molar-refractivity contribution < 1.29 is 9.59 Å². The number of carbonyl (C=O) groups is 2. The molecule has 142 valence electrons. The summed E-state index contributed by atoms with van der Waals surface area (Å²) in [5, 5.41) is 0. The Hall–Kier alpha value is -2.15. The summed E-state index contributed by atoms with van der Waals surface area (Å²) >= 11 is 0. The summed E-state index contributed by atoms with van der Waals surface area (Å²) < 4.78 is 0. The number of nitrogens with zero attached hydrogens (tertiary/aromatic N) is 5. The number of piperidine rings is 1. The van der Waals surface area contributed by atoms with Gasteiger partial charge in [-0.05, 0) is 24.5 Å². The summed E-state index contributed by atoms with van der Waals surface area (Å²) in [5.74, 6) is 1.06. The fourth-order valence-electron chi connectivity index (χ4n) is 3.79. The molecule has 0 spiro atoms. The van der Waals surface area contributed by atoms with Gasteiger partial charge in [-0.15, -0.1) is 0 Å². The smallest absolute Gasteiger partial charge is 0.241 e. The molecule has 0 aromatic carbocycles. The van der Waals surface area contributed by atoms with Gasteiger partial charge in [0.15, 0.2) is 0 Å². The number of amides is 2. The average molecular weight is 359 g/mol. The van der Waals surface area contributed by atoms with E-state index in [9.17, 15) is 9.59 Å². The number of anilines is 1. The Morgan fingerprint density at radius 2 is 1.96 bits per heavy atom. The van der Waals surface area contributed by atoms with Gasteiger partial charge in [0.2, 0.25) is 11.8 Å². The first-order valence-corrected chi connectivity index (χ1v) is 9.20. The molecule has 4 rings (SSSR count). The van der Waals surface area contributed by atoms with E-state index in [1.807, 2.05) is 36.2 Å². The summed E-state index contributed by atoms with van der Waals surface area (Å²) in [4.78, 5) is 37.1. The Bertz CT molecular complexity index is 658. The van der Waals surface area contributed by atoms with E-state index in [2.05, 4.69) is 16.0 Å². The van der Waals surface area contributed by atoms with Crippen LogP contribution in [0.25, 0.3) is 0 Å². The highest BCUT2D eigenvalue weighted by Gasteiger charge is 2.41. The molecule has 1 aromatic heterocycles. The Labute approximate surface area is 155 Å². The Kier molecular flexibility index (Phi) is 5.46. The van der Waals surface area contributed by atoms with Gasteiger partial charge in [0.1, 0.15) is 12.4 Å². The van der Waals surface area contributed by atoms with Gasteiger partial charge in [-0.25, -0.2) is 4.98 Å². The number of likely N-dealkylation sites (N-methyl/N-ethyl adjacent to an activating group) is 1. The van der Waals surface area contributed by atoms with Crippen LogP contribution in [0.1, 0.15) is 18.4 Å². The van der Waals surface area contributed by atoms with E-state index in [1.165, 1.54) is 0 Å². The van der Waals surface area contributed by atoms with E-state index < -0.39 is 0 Å². The fourth-order valence-corrected chi connectivity index (χ4v) is 3.79. The van der Waals surface area contributed by atoms with E-state index in [0.717, 1.165) is 43.9 Å². The molecule has 2 atom stereocenters. The molecule has 0 unspecified atom stereocenters. The van der Waals surface area contributed by atoms with Gasteiger partial charge in [0.05, 0.1) is 5.92 Å². The number of pyridine rings is 1. The highest BCUT2D eigenvalue weighted by atomic mass is 16.2. The normalized spacial score (nSPS) is 23.1. The third-order valence-electron chi connectivity index (χ3n) is 5.35. The van der Waals surface area contributed by atoms with Crippen LogP contribution in [-0.4, -0.2) is 85.4 Å². The standard InChI is InChI=1S/C19H29N5O2/c1-21(2)17-8-5-14(9-20-17)10-23-11-15-6-7-16(12-23)24(19(15)26)13-18(25)22(3)4/h5,8-9,15-16H,6-7,10-13H2,1-4H3/t15-,16+/m0/s1. The van der Waals surface area contributed by atoms with Gasteiger partial charge in [-0.2, -0.15) is 0 Å². The highest BCUT2D eigenvalue weighted by Crippen LogP contribution is 2.29. The second-order valence-electron chi connectivity index (χ2n) is 7.80. The van der Waals surface area contributed by atoms with E-state index >= 15 is 0 Å². The molecule has 4 heterocycles. The summed E-state index contributed by atoms with van der Waals surface area (Å²) in [6, 6.07) is 4.25. The minimum Gasteiger partial charge on any atom is -0.363 e. The van der Waals surface area contributed by atoms with Crippen molar-refractivity contribution in [2.24, 2.45) is 5.92 Å². The quantitative estimate of drug-likeness (QED) is 0.773. The third-order valence-corrected chi connectivity index (χ3v) is 5.35. The van der Waals surface area contributed by atoms with Crippen LogP contribution in [0.4, 0.5) is 5.82 Å². The van der Waals surface area contributed by atoms with Crippen molar-refractivity contribution in [3.05, 3.63) is 23.9 Å². The molecular formula is C19H29N5O2. The maximum Gasteiger partial charge on any atom is 0.241 e. The number of hydrogen-bond donors (Lipinski definition) is 0. The first kappa shape index (κ1) is 18.6. The van der Waals surface area contributed by atoms with Crippen LogP contribution in [0.5, 0.6) is 0 Å². The van der Waals surface area contributed by atoms with E-state index in [4.69, 9.17) is 0 Å². The number of rotatable bonds is 5. The van der Waals surface area contributed by atoms with Crippen LogP contribution in [0.3, 0.4) is 0 Å². The summed E-state index contributed by atoms with van der Waals surface area (Å²) in [7, 11) is 7.42. The SMILES string of the molecule is CN(C)C(=O)CN1C(=O)[C@H]2CC[C@@H]1CN(Cc1ccc(N(C)C)nc1)C2. The van der Waals surface area contributed by atoms with Gasteiger partial charge in [-0.3, -0.25) is 14.5 Å². The molecule has 7 nitrogen and oxygen atoms in total. The summed E-state index contributed by atoms with van der Waals surface area (Å²) in [6.45, 7) is 2.56. The summed E-state index contributed by atoms with van der Waals surface area (Å²) in [5.41, 5.74) is 1.15. The molecule has 1 aromatic rings. The van der Waals surface area contributed by atoms with Crippen LogP contribution in [0.2, 0.25) is 0 Å². The van der Waals surface area contributed by atoms with Crippen molar-refractivity contribution in [2.75, 3.05) is 52.7 Å². The lowest BCUT2D eigenvalue weighted by atomic mass is 9.94. The monoisotopic (exact) mass is 359 g/mol. The van der Waals surface area contributed by atoms with Crippen molar-refractivity contribution in [2.45, 2.75) is 25.4 Å². The van der Waals surface area contributed by atoms with Crippen molar-refractivity contribution in [1.29, 1.82) is 0 Å². The molecule has 26 heavy (non-hydrogen) atoms. The van der Waals surface area contributed by atoms with Crippen molar-refractivity contribution in [3.8, 4) is 0 Å². The Morgan fingerprint density at radius 3 is 2.58 bits per heavy atom. The zero-order valence-corrected chi connectivity index (χ0v) is 16.2. The molecule has 0 N–H and O–H groups in total. The molecule has 3 fully saturated rings. The molecule has 3 aliphatic heterocycles. The van der Waals surface area contributed by atoms with Gasteiger partial charge in [0, 0.05) is 60.1 Å². The van der Waals surface area contributed by atoms with Gasteiger partial charge in [-0.1, -0.05) is 6.07 Å². The minimum absolute atomic E-state index is 0.00211. The Morgan fingerprint density at radius 1 is 1.19 bits per heavy atom. The zero-order valence-electron chi connectivity index (χ0n) is 16.2.